The summed E-state index contributed by atoms with van der Waals surface area (Å²) in [7, 11) is 0. The summed E-state index contributed by atoms with van der Waals surface area (Å²) in [4.78, 5) is 21.4. The van der Waals surface area contributed by atoms with Gasteiger partial charge in [-0.15, -0.1) is 5.10 Å². The summed E-state index contributed by atoms with van der Waals surface area (Å²) in [5.74, 6) is -0.605. The number of hydrogen-bond acceptors (Lipinski definition) is 6. The van der Waals surface area contributed by atoms with Crippen LogP contribution < -0.4 is 0 Å². The summed E-state index contributed by atoms with van der Waals surface area (Å²) in [6, 6.07) is 10.7. The van der Waals surface area contributed by atoms with Crippen molar-refractivity contribution in [3.63, 3.8) is 0 Å². The fraction of sp³-hybridized carbons (Fsp3) is 0.280. The lowest BCUT2D eigenvalue weighted by atomic mass is 10.2. The molecule has 0 bridgehead atoms. The number of nitrogens with zero attached hydrogens (tertiary/aromatic N) is 6. The number of oxazole rings is 1. The van der Waals surface area contributed by atoms with Gasteiger partial charge in [0, 0.05) is 41.7 Å². The molecule has 1 amide bonds. The van der Waals surface area contributed by atoms with Crippen molar-refractivity contribution in [1.29, 1.82) is 0 Å². The molecule has 0 unspecified atom stereocenters. The number of carbonyl (C=O) groups excluding carboxylic acids is 1. The molecule has 8 nitrogen and oxygen atoms in total. The number of amides is 1. The van der Waals surface area contributed by atoms with Crippen molar-refractivity contribution in [3.05, 3.63) is 80.6 Å². The van der Waals surface area contributed by atoms with Crippen molar-refractivity contribution in [2.45, 2.75) is 19.9 Å². The number of carbonyl (C=O) groups is 1. The highest BCUT2D eigenvalue weighted by molar-refractivity contribution is 9.10. The molecule has 0 radical (unpaired) electrons. The van der Waals surface area contributed by atoms with Crippen LogP contribution in [0.4, 0.5) is 4.39 Å². The van der Waals surface area contributed by atoms with Gasteiger partial charge in [0.15, 0.2) is 5.69 Å². The molecular weight excluding hydrogens is 595 g/mol. The lowest BCUT2D eigenvalue weighted by Gasteiger charge is -2.20. The first-order valence-electron chi connectivity index (χ1n) is 11.5. The molecule has 3 heterocycles. The van der Waals surface area contributed by atoms with E-state index in [0.717, 1.165) is 34.4 Å². The normalized spacial score (nSPS) is 14.7. The average Bonchev–Trinajstić information content (AvgIpc) is 3.44. The average molecular weight is 618 g/mol. The smallest absolute Gasteiger partial charge is 0.275 e. The zero-order valence-corrected chi connectivity index (χ0v) is 22.7. The second kappa shape index (κ2) is 10.6. The maximum atomic E-state index is 14.3. The molecule has 2 aromatic carbocycles. The maximum Gasteiger partial charge on any atom is 0.275 e. The van der Waals surface area contributed by atoms with Gasteiger partial charge in [0.1, 0.15) is 12.1 Å². The molecule has 0 atom stereocenters. The molecule has 186 valence electrons. The van der Waals surface area contributed by atoms with Gasteiger partial charge in [-0.2, -0.15) is 0 Å². The summed E-state index contributed by atoms with van der Waals surface area (Å²) < 4.78 is 23.1. The number of aromatic nitrogens is 4. The molecule has 1 aliphatic rings. The van der Waals surface area contributed by atoms with Crippen molar-refractivity contribution in [3.8, 4) is 17.1 Å². The van der Waals surface area contributed by atoms with Crippen molar-refractivity contribution >= 4 is 37.8 Å². The standard InChI is InChI=1S/C25H23Br2FN6O2/c1-16-9-18(27)11-20(10-16)34-14-19(30-31-34)13-32-5-2-6-33(8-7-32)25(35)23-15-36-24(29-23)21-4-3-17(26)12-22(21)28/h3-4,9-12,14-15H,2,5-8,13H2,1H3. The van der Waals surface area contributed by atoms with Crippen LogP contribution in [-0.2, 0) is 6.54 Å². The Bertz CT molecular complexity index is 1380. The summed E-state index contributed by atoms with van der Waals surface area (Å²) in [6.07, 6.45) is 4.05. The number of benzene rings is 2. The predicted octanol–water partition coefficient (Wildman–Crippen LogP) is 5.24. The molecule has 0 saturated carbocycles. The first-order chi connectivity index (χ1) is 17.4. The van der Waals surface area contributed by atoms with E-state index in [9.17, 15) is 9.18 Å². The fourth-order valence-corrected chi connectivity index (χ4v) is 5.16. The Morgan fingerprint density at radius 1 is 1.08 bits per heavy atom. The number of aryl methyl sites for hydroxylation is 1. The van der Waals surface area contributed by atoms with Gasteiger partial charge in [-0.1, -0.05) is 37.1 Å². The van der Waals surface area contributed by atoms with Crippen LogP contribution in [0.25, 0.3) is 17.1 Å². The molecule has 1 saturated heterocycles. The van der Waals surface area contributed by atoms with Crippen LogP contribution in [0, 0.1) is 12.7 Å². The van der Waals surface area contributed by atoms with E-state index in [0.29, 0.717) is 30.7 Å². The third-order valence-electron chi connectivity index (χ3n) is 5.98. The molecular formula is C25H23Br2FN6O2. The van der Waals surface area contributed by atoms with E-state index in [-0.39, 0.29) is 23.1 Å². The van der Waals surface area contributed by atoms with Crippen molar-refractivity contribution in [2.24, 2.45) is 0 Å². The quantitative estimate of drug-likeness (QED) is 0.305. The molecule has 1 fully saturated rings. The minimum Gasteiger partial charge on any atom is -0.444 e. The van der Waals surface area contributed by atoms with Gasteiger partial charge in [0.2, 0.25) is 5.89 Å². The molecule has 36 heavy (non-hydrogen) atoms. The SMILES string of the molecule is Cc1cc(Br)cc(-n2cc(CN3CCCN(C(=O)c4coc(-c5ccc(Br)cc5F)n4)CC3)nn2)c1. The highest BCUT2D eigenvalue weighted by Gasteiger charge is 2.24. The van der Waals surface area contributed by atoms with E-state index >= 15 is 0 Å². The lowest BCUT2D eigenvalue weighted by Crippen LogP contribution is -2.35. The van der Waals surface area contributed by atoms with Gasteiger partial charge in [-0.25, -0.2) is 14.1 Å². The summed E-state index contributed by atoms with van der Waals surface area (Å²) in [5.41, 5.74) is 3.33. The third-order valence-corrected chi connectivity index (χ3v) is 6.93. The summed E-state index contributed by atoms with van der Waals surface area (Å²) in [5, 5.41) is 8.63. The van der Waals surface area contributed by atoms with Crippen molar-refractivity contribution in [2.75, 3.05) is 26.2 Å². The van der Waals surface area contributed by atoms with Gasteiger partial charge in [0.25, 0.3) is 5.91 Å². The van der Waals surface area contributed by atoms with Gasteiger partial charge in [-0.05, 0) is 55.3 Å². The fourth-order valence-electron chi connectivity index (χ4n) is 4.23. The van der Waals surface area contributed by atoms with E-state index in [1.165, 1.54) is 12.3 Å². The molecule has 1 aliphatic heterocycles. The summed E-state index contributed by atoms with van der Waals surface area (Å²) in [6.45, 7) is 5.36. The van der Waals surface area contributed by atoms with E-state index in [1.807, 2.05) is 25.3 Å². The first-order valence-corrected chi connectivity index (χ1v) is 13.1. The molecule has 0 aliphatic carbocycles. The highest BCUT2D eigenvalue weighted by atomic mass is 79.9. The van der Waals surface area contributed by atoms with Crippen molar-refractivity contribution in [1.82, 2.24) is 29.8 Å². The highest BCUT2D eigenvalue weighted by Crippen LogP contribution is 2.25. The van der Waals surface area contributed by atoms with Gasteiger partial charge in [-0.3, -0.25) is 9.69 Å². The predicted molar refractivity (Wildman–Crippen MR) is 139 cm³/mol. The van der Waals surface area contributed by atoms with E-state index < -0.39 is 5.82 Å². The molecule has 0 N–H and O–H groups in total. The van der Waals surface area contributed by atoms with Crippen LogP contribution in [-0.4, -0.2) is 61.9 Å². The number of hydrogen-bond donors (Lipinski definition) is 0. The number of halogens is 3. The Kier molecular flexibility index (Phi) is 7.31. The molecule has 11 heteroatoms. The Hall–Kier alpha value is -2.89. The second-order valence-electron chi connectivity index (χ2n) is 8.73. The molecule has 2 aromatic heterocycles. The Morgan fingerprint density at radius 2 is 1.94 bits per heavy atom. The third kappa shape index (κ3) is 5.58. The van der Waals surface area contributed by atoms with Gasteiger partial charge >= 0.3 is 0 Å². The van der Waals surface area contributed by atoms with Crippen LogP contribution >= 0.6 is 31.9 Å². The van der Waals surface area contributed by atoms with Crippen LogP contribution in [0.1, 0.15) is 28.2 Å². The minimum atomic E-state index is -0.470. The number of rotatable bonds is 5. The molecule has 0 spiro atoms. The maximum absolute atomic E-state index is 14.3. The zero-order valence-electron chi connectivity index (χ0n) is 19.5. The van der Waals surface area contributed by atoms with E-state index in [1.54, 1.807) is 21.7 Å². The van der Waals surface area contributed by atoms with E-state index in [4.69, 9.17) is 4.42 Å². The van der Waals surface area contributed by atoms with Crippen LogP contribution in [0.5, 0.6) is 0 Å². The summed E-state index contributed by atoms with van der Waals surface area (Å²) >= 11 is 6.76. The van der Waals surface area contributed by atoms with E-state index in [2.05, 4.69) is 58.1 Å². The molecule has 4 aromatic rings. The topological polar surface area (TPSA) is 80.3 Å². The zero-order chi connectivity index (χ0) is 25.2. The van der Waals surface area contributed by atoms with Crippen molar-refractivity contribution < 1.29 is 13.6 Å². The second-order valence-corrected chi connectivity index (χ2v) is 10.6. The van der Waals surface area contributed by atoms with Crippen LogP contribution in [0.2, 0.25) is 0 Å². The van der Waals surface area contributed by atoms with Gasteiger partial charge < -0.3 is 9.32 Å². The first kappa shape index (κ1) is 24.8. The lowest BCUT2D eigenvalue weighted by molar-refractivity contribution is 0.0755. The molecule has 5 rings (SSSR count). The largest absolute Gasteiger partial charge is 0.444 e. The minimum absolute atomic E-state index is 0.0866. The Balaban J connectivity index is 1.21. The van der Waals surface area contributed by atoms with Crippen LogP contribution in [0.15, 0.2) is 62.2 Å². The Morgan fingerprint density at radius 3 is 2.75 bits per heavy atom. The van der Waals surface area contributed by atoms with Gasteiger partial charge in [0.05, 0.1) is 23.1 Å². The monoisotopic (exact) mass is 616 g/mol. The van der Waals surface area contributed by atoms with Crippen LogP contribution in [0.3, 0.4) is 0 Å². The Labute approximate surface area is 224 Å².